The van der Waals surface area contributed by atoms with Crippen LogP contribution in [-0.2, 0) is 20.7 Å². The minimum atomic E-state index is -0.894. The molecule has 2 aliphatic heterocycles. The average Bonchev–Trinajstić information content (AvgIpc) is 3.11. The van der Waals surface area contributed by atoms with Crippen molar-refractivity contribution in [2.75, 3.05) is 18.1 Å². The van der Waals surface area contributed by atoms with Gasteiger partial charge in [-0.2, -0.15) is 0 Å². The molecule has 0 fully saturated rings. The zero-order valence-corrected chi connectivity index (χ0v) is 14.4. The Morgan fingerprint density at radius 2 is 1.85 bits per heavy atom. The molecule has 0 saturated heterocycles. The maximum absolute atomic E-state index is 12.7. The van der Waals surface area contributed by atoms with Crippen LogP contribution in [0.25, 0.3) is 0 Å². The predicted molar refractivity (Wildman–Crippen MR) is 94.4 cm³/mol. The molecule has 6 heteroatoms. The molecule has 2 aliphatic rings. The van der Waals surface area contributed by atoms with Crippen LogP contribution in [0.5, 0.6) is 11.5 Å². The maximum Gasteiger partial charge on any atom is 0.351 e. The number of nitrogens with zero attached hydrogens (tertiary/aromatic N) is 1. The summed E-state index contributed by atoms with van der Waals surface area (Å²) in [5.74, 6) is 0.246. The Morgan fingerprint density at radius 3 is 2.69 bits per heavy atom. The van der Waals surface area contributed by atoms with Gasteiger partial charge in [0.25, 0.3) is 5.91 Å². The topological polar surface area (TPSA) is 65.1 Å². The molecule has 2 atom stereocenters. The highest BCUT2D eigenvalue weighted by molar-refractivity contribution is 5.99. The summed E-state index contributed by atoms with van der Waals surface area (Å²) < 4.78 is 16.5. The van der Waals surface area contributed by atoms with E-state index in [0.29, 0.717) is 18.0 Å². The lowest BCUT2D eigenvalue weighted by atomic mass is 10.2. The van der Waals surface area contributed by atoms with Crippen molar-refractivity contribution in [3.8, 4) is 11.5 Å². The van der Waals surface area contributed by atoms with Crippen LogP contribution < -0.4 is 14.4 Å². The van der Waals surface area contributed by atoms with Gasteiger partial charge in [0, 0.05) is 12.2 Å². The van der Waals surface area contributed by atoms with Crippen LogP contribution in [0.3, 0.4) is 0 Å². The molecule has 0 aromatic heterocycles. The molecule has 0 saturated carbocycles. The lowest BCUT2D eigenvalue weighted by Gasteiger charge is -2.27. The van der Waals surface area contributed by atoms with Gasteiger partial charge in [-0.1, -0.05) is 30.3 Å². The van der Waals surface area contributed by atoms with Gasteiger partial charge < -0.3 is 19.1 Å². The van der Waals surface area contributed by atoms with Crippen LogP contribution in [0, 0.1) is 0 Å². The summed E-state index contributed by atoms with van der Waals surface area (Å²) in [7, 11) is 0. The van der Waals surface area contributed by atoms with E-state index in [4.69, 9.17) is 14.2 Å². The molecule has 1 amide bonds. The minimum absolute atomic E-state index is 0.0588. The molecule has 0 spiro atoms. The van der Waals surface area contributed by atoms with E-state index >= 15 is 0 Å². The van der Waals surface area contributed by atoms with Crippen molar-refractivity contribution in [2.45, 2.75) is 25.6 Å². The van der Waals surface area contributed by atoms with Gasteiger partial charge in [-0.05, 0) is 37.1 Å². The quantitative estimate of drug-likeness (QED) is 0.793. The normalized spacial score (nSPS) is 18.8. The summed E-state index contributed by atoms with van der Waals surface area (Å²) in [4.78, 5) is 26.8. The number of carbonyl (C=O) groups is 2. The Morgan fingerprint density at radius 1 is 1.12 bits per heavy atom. The standard InChI is InChI=1S/C20H19NO5/c1-13(19(22)21-11-10-14-6-2-3-7-15(14)21)25-20(23)18-12-24-16-8-4-5-9-17(16)26-18/h2-9,13,18H,10-12H2,1H3/t13-,18-/m1/s1. The lowest BCUT2D eigenvalue weighted by Crippen LogP contribution is -2.44. The second-order valence-electron chi connectivity index (χ2n) is 6.31. The van der Waals surface area contributed by atoms with E-state index < -0.39 is 18.2 Å². The fraction of sp³-hybridized carbons (Fsp3) is 0.300. The van der Waals surface area contributed by atoms with Crippen molar-refractivity contribution in [1.29, 1.82) is 0 Å². The highest BCUT2D eigenvalue weighted by atomic mass is 16.6. The van der Waals surface area contributed by atoms with Gasteiger partial charge in [0.15, 0.2) is 17.6 Å². The van der Waals surface area contributed by atoms with Gasteiger partial charge in [0.05, 0.1) is 0 Å². The number of benzene rings is 2. The molecular formula is C20H19NO5. The average molecular weight is 353 g/mol. The van der Waals surface area contributed by atoms with Gasteiger partial charge in [-0.3, -0.25) is 4.79 Å². The SMILES string of the molecule is C[C@@H](OC(=O)[C@H]1COc2ccccc2O1)C(=O)N1CCc2ccccc21. The number of fused-ring (bicyclic) bond motifs is 2. The van der Waals surface area contributed by atoms with Gasteiger partial charge >= 0.3 is 5.97 Å². The molecule has 0 bridgehead atoms. The van der Waals surface area contributed by atoms with Gasteiger partial charge in [-0.25, -0.2) is 4.79 Å². The third-order valence-corrected chi connectivity index (χ3v) is 4.57. The molecule has 134 valence electrons. The van der Waals surface area contributed by atoms with Crippen molar-refractivity contribution in [3.63, 3.8) is 0 Å². The number of ether oxygens (including phenoxy) is 3. The number of rotatable bonds is 3. The monoisotopic (exact) mass is 353 g/mol. The van der Waals surface area contributed by atoms with E-state index in [1.807, 2.05) is 30.3 Å². The first-order valence-corrected chi connectivity index (χ1v) is 8.62. The molecule has 0 unspecified atom stereocenters. The zero-order valence-electron chi connectivity index (χ0n) is 14.4. The second-order valence-corrected chi connectivity index (χ2v) is 6.31. The number of carbonyl (C=O) groups excluding carboxylic acids is 2. The van der Waals surface area contributed by atoms with Crippen molar-refractivity contribution in [3.05, 3.63) is 54.1 Å². The van der Waals surface area contributed by atoms with Crippen LogP contribution in [-0.4, -0.2) is 37.2 Å². The lowest BCUT2D eigenvalue weighted by molar-refractivity contribution is -0.163. The molecule has 2 aromatic rings. The molecule has 4 rings (SSSR count). The van der Waals surface area contributed by atoms with E-state index in [2.05, 4.69) is 0 Å². The van der Waals surface area contributed by atoms with E-state index in [9.17, 15) is 9.59 Å². The molecule has 2 heterocycles. The highest BCUT2D eigenvalue weighted by Crippen LogP contribution is 2.31. The summed E-state index contributed by atoms with van der Waals surface area (Å²) >= 11 is 0. The number of para-hydroxylation sites is 3. The Labute approximate surface area is 151 Å². The molecule has 0 aliphatic carbocycles. The maximum atomic E-state index is 12.7. The van der Waals surface area contributed by atoms with Crippen molar-refractivity contribution in [2.24, 2.45) is 0 Å². The number of hydrogen-bond acceptors (Lipinski definition) is 5. The van der Waals surface area contributed by atoms with E-state index in [0.717, 1.165) is 17.7 Å². The Kier molecular flexibility index (Phi) is 4.24. The fourth-order valence-electron chi connectivity index (χ4n) is 3.22. The largest absolute Gasteiger partial charge is 0.485 e. The second kappa shape index (κ2) is 6.71. The first-order valence-electron chi connectivity index (χ1n) is 8.62. The summed E-state index contributed by atoms with van der Waals surface area (Å²) in [6, 6.07) is 14.9. The smallest absolute Gasteiger partial charge is 0.351 e. The van der Waals surface area contributed by atoms with Crippen LogP contribution in [0.4, 0.5) is 5.69 Å². The van der Waals surface area contributed by atoms with Gasteiger partial charge in [-0.15, -0.1) is 0 Å². The zero-order chi connectivity index (χ0) is 18.1. The van der Waals surface area contributed by atoms with Gasteiger partial charge in [0.2, 0.25) is 6.10 Å². The van der Waals surface area contributed by atoms with Crippen molar-refractivity contribution < 1.29 is 23.8 Å². The number of esters is 1. The third-order valence-electron chi connectivity index (χ3n) is 4.57. The van der Waals surface area contributed by atoms with Crippen LogP contribution in [0.1, 0.15) is 12.5 Å². The van der Waals surface area contributed by atoms with Crippen LogP contribution >= 0.6 is 0 Å². The third kappa shape index (κ3) is 2.98. The summed E-state index contributed by atoms with van der Waals surface area (Å²) in [6.45, 7) is 2.23. The first-order chi connectivity index (χ1) is 12.6. The Balaban J connectivity index is 1.40. The number of hydrogen-bond donors (Lipinski definition) is 0. The minimum Gasteiger partial charge on any atom is -0.485 e. The van der Waals surface area contributed by atoms with Crippen molar-refractivity contribution >= 4 is 17.6 Å². The van der Waals surface area contributed by atoms with Crippen molar-refractivity contribution in [1.82, 2.24) is 0 Å². The fourth-order valence-corrected chi connectivity index (χ4v) is 3.22. The Hall–Kier alpha value is -3.02. The van der Waals surface area contributed by atoms with E-state index in [-0.39, 0.29) is 12.5 Å². The van der Waals surface area contributed by atoms with Crippen LogP contribution in [0.15, 0.2) is 48.5 Å². The van der Waals surface area contributed by atoms with E-state index in [1.54, 1.807) is 30.0 Å². The summed E-state index contributed by atoms with van der Waals surface area (Å²) in [6.07, 6.45) is -0.973. The predicted octanol–water partition coefficient (Wildman–Crippen LogP) is 2.35. The molecule has 0 N–H and O–H groups in total. The first kappa shape index (κ1) is 16.4. The summed E-state index contributed by atoms with van der Waals surface area (Å²) in [5, 5.41) is 0. The number of anilines is 1. The number of amides is 1. The molecular weight excluding hydrogens is 334 g/mol. The van der Waals surface area contributed by atoms with Crippen LogP contribution in [0.2, 0.25) is 0 Å². The molecule has 2 aromatic carbocycles. The Bertz CT molecular complexity index is 850. The molecule has 0 radical (unpaired) electrons. The summed E-state index contributed by atoms with van der Waals surface area (Å²) in [5.41, 5.74) is 2.01. The highest BCUT2D eigenvalue weighted by Gasteiger charge is 2.34. The van der Waals surface area contributed by atoms with Gasteiger partial charge in [0.1, 0.15) is 6.61 Å². The molecule has 6 nitrogen and oxygen atoms in total. The van der Waals surface area contributed by atoms with E-state index in [1.165, 1.54) is 0 Å². The molecule has 26 heavy (non-hydrogen) atoms.